The smallest absolute Gasteiger partial charge is 0.228 e. The molecule has 0 N–H and O–H groups in total. The third-order valence-electron chi connectivity index (χ3n) is 5.04. The van der Waals surface area contributed by atoms with Crippen molar-refractivity contribution >= 4 is 5.91 Å². The number of nitrogens with zero attached hydrogens (tertiary/aromatic N) is 3. The number of aryl methyl sites for hydroxylation is 1. The number of carbonyl (C=O) groups excluding carboxylic acids is 1. The summed E-state index contributed by atoms with van der Waals surface area (Å²) in [7, 11) is 3.64. The highest BCUT2D eigenvalue weighted by Gasteiger charge is 2.40. The summed E-state index contributed by atoms with van der Waals surface area (Å²) >= 11 is 0. The van der Waals surface area contributed by atoms with Crippen LogP contribution >= 0.6 is 0 Å². The zero-order chi connectivity index (χ0) is 15.5. The van der Waals surface area contributed by atoms with Crippen molar-refractivity contribution in [2.75, 3.05) is 26.9 Å². The third-order valence-corrected chi connectivity index (χ3v) is 5.04. The number of aromatic nitrogens is 2. The van der Waals surface area contributed by atoms with Crippen molar-refractivity contribution in [2.45, 2.75) is 37.8 Å². The van der Waals surface area contributed by atoms with Crippen LogP contribution in [0.15, 0.2) is 12.3 Å². The zero-order valence-corrected chi connectivity index (χ0v) is 13.4. The van der Waals surface area contributed by atoms with E-state index in [0.29, 0.717) is 32.1 Å². The third kappa shape index (κ3) is 3.03. The Morgan fingerprint density at radius 2 is 2.36 bits per heavy atom. The molecule has 1 amide bonds. The van der Waals surface area contributed by atoms with Crippen LogP contribution < -0.4 is 0 Å². The molecule has 6 nitrogen and oxygen atoms in total. The second kappa shape index (κ2) is 6.79. The molecule has 1 aliphatic heterocycles. The summed E-state index contributed by atoms with van der Waals surface area (Å²) in [6.07, 6.45) is 5.75. The van der Waals surface area contributed by atoms with Gasteiger partial charge in [-0.25, -0.2) is 0 Å². The lowest BCUT2D eigenvalue weighted by Gasteiger charge is -2.40. The van der Waals surface area contributed by atoms with E-state index in [4.69, 9.17) is 9.47 Å². The van der Waals surface area contributed by atoms with Gasteiger partial charge in [-0.05, 0) is 18.9 Å². The largest absolute Gasteiger partial charge is 0.381 e. The van der Waals surface area contributed by atoms with E-state index in [9.17, 15) is 4.79 Å². The van der Waals surface area contributed by atoms with Gasteiger partial charge in [-0.2, -0.15) is 5.10 Å². The summed E-state index contributed by atoms with van der Waals surface area (Å²) < 4.78 is 13.0. The predicted octanol–water partition coefficient (Wildman–Crippen LogP) is 1.01. The molecular weight excluding hydrogens is 282 g/mol. The van der Waals surface area contributed by atoms with Gasteiger partial charge in [0.1, 0.15) is 0 Å². The van der Waals surface area contributed by atoms with Crippen molar-refractivity contribution < 1.29 is 14.3 Å². The molecule has 122 valence electrons. The van der Waals surface area contributed by atoms with E-state index < -0.39 is 0 Å². The van der Waals surface area contributed by atoms with Crippen LogP contribution in [0.25, 0.3) is 0 Å². The minimum atomic E-state index is 0.141. The molecule has 1 saturated heterocycles. The van der Waals surface area contributed by atoms with Gasteiger partial charge in [0.05, 0.1) is 31.8 Å². The topological polar surface area (TPSA) is 56.6 Å². The molecule has 22 heavy (non-hydrogen) atoms. The highest BCUT2D eigenvalue weighted by molar-refractivity contribution is 5.78. The first-order valence-electron chi connectivity index (χ1n) is 8.07. The first-order chi connectivity index (χ1) is 10.7. The Morgan fingerprint density at radius 3 is 3.09 bits per heavy atom. The van der Waals surface area contributed by atoms with E-state index in [1.807, 2.05) is 18.0 Å². The second-order valence-electron chi connectivity index (χ2n) is 6.22. The van der Waals surface area contributed by atoms with E-state index in [1.54, 1.807) is 18.0 Å². The quantitative estimate of drug-likeness (QED) is 0.833. The number of morpholine rings is 1. The molecule has 0 radical (unpaired) electrons. The monoisotopic (exact) mass is 307 g/mol. The molecule has 6 heteroatoms. The van der Waals surface area contributed by atoms with Crippen molar-refractivity contribution in [1.82, 2.24) is 14.7 Å². The maximum Gasteiger partial charge on any atom is 0.228 e. The first kappa shape index (κ1) is 15.5. The number of ether oxygens (including phenoxy) is 2. The highest BCUT2D eigenvalue weighted by Crippen LogP contribution is 2.34. The molecular formula is C16H25N3O3. The fourth-order valence-corrected chi connectivity index (χ4v) is 3.81. The van der Waals surface area contributed by atoms with Crippen LogP contribution in [0.1, 0.15) is 25.0 Å². The molecule has 0 spiro atoms. The van der Waals surface area contributed by atoms with Crippen LogP contribution in [0, 0.1) is 5.92 Å². The average molecular weight is 307 g/mol. The maximum absolute atomic E-state index is 12.8. The Hall–Kier alpha value is -1.40. The lowest BCUT2D eigenvalue weighted by molar-refractivity contribution is -0.143. The van der Waals surface area contributed by atoms with Crippen LogP contribution in [0.5, 0.6) is 0 Å². The molecule has 1 aromatic heterocycles. The van der Waals surface area contributed by atoms with Gasteiger partial charge in [0.15, 0.2) is 0 Å². The Bertz CT molecular complexity index is 516. The number of rotatable bonds is 4. The molecule has 0 bridgehead atoms. The normalized spacial score (nSPS) is 29.0. The van der Waals surface area contributed by atoms with Gasteiger partial charge in [0, 0.05) is 38.5 Å². The van der Waals surface area contributed by atoms with E-state index >= 15 is 0 Å². The number of hydrogen-bond acceptors (Lipinski definition) is 4. The predicted molar refractivity (Wildman–Crippen MR) is 81.4 cm³/mol. The molecule has 3 rings (SSSR count). The SMILES string of the molecule is CO[C@@H]1CCC[C@@H]1[C@H]1COCCN1C(=O)Cc1ccnn1C. The van der Waals surface area contributed by atoms with Gasteiger partial charge in [-0.3, -0.25) is 9.48 Å². The molecule has 0 unspecified atom stereocenters. The van der Waals surface area contributed by atoms with Crippen LogP contribution in [-0.4, -0.2) is 59.6 Å². The van der Waals surface area contributed by atoms with Gasteiger partial charge in [0.2, 0.25) is 5.91 Å². The van der Waals surface area contributed by atoms with Crippen molar-refractivity contribution in [1.29, 1.82) is 0 Å². The molecule has 2 aliphatic rings. The highest BCUT2D eigenvalue weighted by atomic mass is 16.5. The number of hydrogen-bond donors (Lipinski definition) is 0. The summed E-state index contributed by atoms with van der Waals surface area (Å²) in [6.45, 7) is 1.92. The lowest BCUT2D eigenvalue weighted by Crippen LogP contribution is -2.54. The average Bonchev–Trinajstić information content (AvgIpc) is 3.16. The minimum Gasteiger partial charge on any atom is -0.381 e. The summed E-state index contributed by atoms with van der Waals surface area (Å²) in [5.41, 5.74) is 0.949. The standard InChI is InChI=1S/C16H25N3O3/c1-18-12(6-7-17-18)10-16(20)19-8-9-22-11-14(19)13-4-3-5-15(13)21-2/h6-7,13-15H,3-5,8-11H2,1-2H3/t13-,14-,15-/m1/s1. The van der Waals surface area contributed by atoms with Gasteiger partial charge in [-0.15, -0.1) is 0 Å². The fourth-order valence-electron chi connectivity index (χ4n) is 3.81. The summed E-state index contributed by atoms with van der Waals surface area (Å²) in [5, 5.41) is 4.14. The number of methoxy groups -OCH3 is 1. The minimum absolute atomic E-state index is 0.141. The molecule has 1 saturated carbocycles. The van der Waals surface area contributed by atoms with Crippen molar-refractivity contribution in [3.05, 3.63) is 18.0 Å². The molecule has 1 aliphatic carbocycles. The molecule has 0 aromatic carbocycles. The molecule has 2 heterocycles. The van der Waals surface area contributed by atoms with E-state index in [2.05, 4.69) is 5.10 Å². The Labute approximate surface area is 131 Å². The van der Waals surface area contributed by atoms with Gasteiger partial charge in [-0.1, -0.05) is 6.42 Å². The van der Waals surface area contributed by atoms with E-state index in [-0.39, 0.29) is 18.1 Å². The van der Waals surface area contributed by atoms with Gasteiger partial charge in [0.25, 0.3) is 0 Å². The fraction of sp³-hybridized carbons (Fsp3) is 0.750. The second-order valence-corrected chi connectivity index (χ2v) is 6.22. The first-order valence-corrected chi connectivity index (χ1v) is 8.07. The summed E-state index contributed by atoms with van der Waals surface area (Å²) in [4.78, 5) is 14.8. The van der Waals surface area contributed by atoms with Crippen LogP contribution in [0.3, 0.4) is 0 Å². The van der Waals surface area contributed by atoms with Crippen LogP contribution in [0.4, 0.5) is 0 Å². The Balaban J connectivity index is 1.72. The van der Waals surface area contributed by atoms with Crippen LogP contribution in [-0.2, 0) is 27.7 Å². The van der Waals surface area contributed by atoms with Gasteiger partial charge < -0.3 is 14.4 Å². The summed E-state index contributed by atoms with van der Waals surface area (Å²) in [5.74, 6) is 0.555. The molecule has 1 aromatic rings. The van der Waals surface area contributed by atoms with Crippen molar-refractivity contribution in [3.63, 3.8) is 0 Å². The number of carbonyl (C=O) groups is 1. The molecule has 3 atom stereocenters. The van der Waals surface area contributed by atoms with Crippen LogP contribution in [0.2, 0.25) is 0 Å². The van der Waals surface area contributed by atoms with Crippen molar-refractivity contribution in [3.8, 4) is 0 Å². The lowest BCUT2D eigenvalue weighted by atomic mass is 9.93. The zero-order valence-electron chi connectivity index (χ0n) is 13.4. The number of amides is 1. The van der Waals surface area contributed by atoms with E-state index in [0.717, 1.165) is 18.5 Å². The van der Waals surface area contributed by atoms with Gasteiger partial charge >= 0.3 is 0 Å². The van der Waals surface area contributed by atoms with E-state index in [1.165, 1.54) is 6.42 Å². The Kier molecular flexibility index (Phi) is 4.78. The Morgan fingerprint density at radius 1 is 1.50 bits per heavy atom. The van der Waals surface area contributed by atoms with Crippen molar-refractivity contribution in [2.24, 2.45) is 13.0 Å². The maximum atomic E-state index is 12.8. The summed E-state index contributed by atoms with van der Waals surface area (Å²) in [6, 6.07) is 2.04. The molecule has 2 fully saturated rings.